The number of nitrogens with one attached hydrogen (secondary N) is 1. The number of aliphatic hydroxyl groups is 2. The predicted octanol–water partition coefficient (Wildman–Crippen LogP) is 1.59. The average Bonchev–Trinajstić information content (AvgIpc) is 2.30. The van der Waals surface area contributed by atoms with Crippen molar-refractivity contribution in [1.82, 2.24) is 5.32 Å². The van der Waals surface area contributed by atoms with Gasteiger partial charge in [-0.2, -0.15) is 0 Å². The van der Waals surface area contributed by atoms with Crippen molar-refractivity contribution in [3.8, 4) is 0 Å². The van der Waals surface area contributed by atoms with Crippen LogP contribution in [0.4, 0.5) is 0 Å². The van der Waals surface area contributed by atoms with Gasteiger partial charge in [-0.25, -0.2) is 4.99 Å². The van der Waals surface area contributed by atoms with Gasteiger partial charge in [0.2, 0.25) is 5.72 Å². The Bertz CT molecular complexity index is 494. The van der Waals surface area contributed by atoms with E-state index >= 15 is 0 Å². The number of rotatable bonds is 3. The van der Waals surface area contributed by atoms with E-state index < -0.39 is 5.72 Å². The molecule has 1 unspecified atom stereocenters. The normalized spacial score (nSPS) is 22.8. The zero-order valence-electron chi connectivity index (χ0n) is 9.30. The molecule has 4 nitrogen and oxygen atoms in total. The topological polar surface area (TPSA) is 64.8 Å². The Morgan fingerprint density at radius 3 is 2.88 bits per heavy atom. The lowest BCUT2D eigenvalue weighted by atomic mass is 9.95. The van der Waals surface area contributed by atoms with E-state index in [9.17, 15) is 10.2 Å². The second-order valence-electron chi connectivity index (χ2n) is 3.81. The van der Waals surface area contributed by atoms with Crippen LogP contribution in [0.2, 0.25) is 0 Å². The third kappa shape index (κ3) is 2.21. The minimum Gasteiger partial charge on any atom is -0.495 e. The minimum absolute atomic E-state index is 0.115. The van der Waals surface area contributed by atoms with Gasteiger partial charge in [0.05, 0.1) is 6.34 Å². The molecule has 3 N–H and O–H groups in total. The van der Waals surface area contributed by atoms with Crippen LogP contribution in [0.3, 0.4) is 0 Å². The lowest BCUT2D eigenvalue weighted by Gasteiger charge is -2.25. The minimum atomic E-state index is -1.52. The van der Waals surface area contributed by atoms with E-state index in [1.54, 1.807) is 12.1 Å². The van der Waals surface area contributed by atoms with Crippen molar-refractivity contribution in [3.63, 3.8) is 0 Å². The predicted molar refractivity (Wildman–Crippen MR) is 66.6 cm³/mol. The Hall–Kier alpha value is -2.07. The van der Waals surface area contributed by atoms with Crippen molar-refractivity contribution in [2.24, 2.45) is 4.99 Å². The van der Waals surface area contributed by atoms with Crippen LogP contribution in [0.15, 0.2) is 53.9 Å². The van der Waals surface area contributed by atoms with Gasteiger partial charge in [0.25, 0.3) is 0 Å². The first-order valence-corrected chi connectivity index (χ1v) is 5.29. The van der Waals surface area contributed by atoms with Gasteiger partial charge in [0.1, 0.15) is 0 Å². The van der Waals surface area contributed by atoms with Crippen LogP contribution in [-0.2, 0) is 12.1 Å². The van der Waals surface area contributed by atoms with Crippen molar-refractivity contribution in [2.45, 2.75) is 12.1 Å². The van der Waals surface area contributed by atoms with Gasteiger partial charge < -0.3 is 15.5 Å². The van der Waals surface area contributed by atoms with Crippen LogP contribution < -0.4 is 5.32 Å². The summed E-state index contributed by atoms with van der Waals surface area (Å²) in [7, 11) is 0. The molecule has 0 aromatic heterocycles. The average molecular weight is 230 g/mol. The number of aliphatic imine (C=N–C) groups is 1. The van der Waals surface area contributed by atoms with E-state index in [-0.39, 0.29) is 5.88 Å². The van der Waals surface area contributed by atoms with Crippen molar-refractivity contribution in [1.29, 1.82) is 0 Å². The number of allylic oxidation sites excluding steroid dienone is 1. The van der Waals surface area contributed by atoms with E-state index in [0.717, 1.165) is 5.56 Å². The molecule has 88 valence electrons. The molecule has 0 saturated carbocycles. The third-order valence-corrected chi connectivity index (χ3v) is 2.59. The van der Waals surface area contributed by atoms with Crippen molar-refractivity contribution in [2.75, 3.05) is 0 Å². The van der Waals surface area contributed by atoms with Crippen LogP contribution in [-0.4, -0.2) is 16.6 Å². The Kier molecular flexibility index (Phi) is 2.97. The number of hydrogen-bond donors (Lipinski definition) is 3. The van der Waals surface area contributed by atoms with Crippen LogP contribution >= 0.6 is 0 Å². The smallest absolute Gasteiger partial charge is 0.209 e. The Labute approximate surface area is 99.6 Å². The third-order valence-electron chi connectivity index (χ3n) is 2.59. The highest BCUT2D eigenvalue weighted by Crippen LogP contribution is 2.29. The molecule has 0 bridgehead atoms. The molecule has 1 aromatic carbocycles. The fourth-order valence-electron chi connectivity index (χ4n) is 1.83. The molecule has 4 heteroatoms. The van der Waals surface area contributed by atoms with Crippen molar-refractivity contribution >= 4 is 6.34 Å². The van der Waals surface area contributed by atoms with Crippen molar-refractivity contribution in [3.05, 3.63) is 60.0 Å². The van der Waals surface area contributed by atoms with Crippen LogP contribution in [0.5, 0.6) is 0 Å². The molecule has 0 spiro atoms. The molecule has 0 radical (unpaired) electrons. The molecule has 0 amide bonds. The summed E-state index contributed by atoms with van der Waals surface area (Å²) in [5.74, 6) is -0.115. The molecular formula is C13H14N2O2. The fourth-order valence-corrected chi connectivity index (χ4v) is 1.83. The molecule has 1 aliphatic heterocycles. The number of benzene rings is 1. The second kappa shape index (κ2) is 4.43. The lowest BCUT2D eigenvalue weighted by molar-refractivity contribution is 0.0915. The molecule has 0 fully saturated rings. The molecule has 2 rings (SSSR count). The molecule has 1 heterocycles. The van der Waals surface area contributed by atoms with Gasteiger partial charge >= 0.3 is 0 Å². The maximum Gasteiger partial charge on any atom is 0.209 e. The molecule has 17 heavy (non-hydrogen) atoms. The zero-order valence-corrected chi connectivity index (χ0v) is 9.30. The summed E-state index contributed by atoms with van der Waals surface area (Å²) in [6.45, 7) is 3.68. The van der Waals surface area contributed by atoms with Crippen LogP contribution in [0, 0.1) is 0 Å². The number of hydrogen-bond acceptors (Lipinski definition) is 4. The zero-order chi connectivity index (χ0) is 12.3. The monoisotopic (exact) mass is 230 g/mol. The van der Waals surface area contributed by atoms with E-state index in [1.165, 1.54) is 12.4 Å². The first-order valence-electron chi connectivity index (χ1n) is 5.29. The number of aliphatic hydroxyl groups excluding tert-OH is 1. The maximum absolute atomic E-state index is 10.4. The SMILES string of the molecule is C=CCc1ccccc1C1(O)C=C(O)NC=N1. The summed E-state index contributed by atoms with van der Waals surface area (Å²) < 4.78 is 0. The summed E-state index contributed by atoms with van der Waals surface area (Å²) in [5.41, 5.74) is 0.0480. The molecule has 1 atom stereocenters. The summed E-state index contributed by atoms with van der Waals surface area (Å²) in [6, 6.07) is 7.39. The fraction of sp³-hybridized carbons (Fsp3) is 0.154. The summed E-state index contributed by atoms with van der Waals surface area (Å²) in [4.78, 5) is 3.97. The van der Waals surface area contributed by atoms with Gasteiger partial charge in [0.15, 0.2) is 5.88 Å². The highest BCUT2D eigenvalue weighted by Gasteiger charge is 2.30. The van der Waals surface area contributed by atoms with Gasteiger partial charge in [0, 0.05) is 11.6 Å². The van der Waals surface area contributed by atoms with E-state index in [4.69, 9.17) is 0 Å². The maximum atomic E-state index is 10.4. The van der Waals surface area contributed by atoms with Crippen molar-refractivity contribution < 1.29 is 10.2 Å². The van der Waals surface area contributed by atoms with Gasteiger partial charge in [-0.15, -0.1) is 6.58 Å². The van der Waals surface area contributed by atoms with E-state index in [2.05, 4.69) is 16.9 Å². The highest BCUT2D eigenvalue weighted by molar-refractivity contribution is 5.60. The summed E-state index contributed by atoms with van der Waals surface area (Å²) in [5, 5.41) is 22.3. The standard InChI is InChI=1S/C13H14N2O2/c1-2-5-10-6-3-4-7-11(10)13(17)8-12(16)14-9-15-13/h2-4,6-9,16-17H,1,5H2,(H,14,15). The molecule has 1 aromatic rings. The summed E-state index contributed by atoms with van der Waals surface area (Å²) >= 11 is 0. The molecular weight excluding hydrogens is 216 g/mol. The van der Waals surface area contributed by atoms with Gasteiger partial charge in [-0.05, 0) is 12.0 Å². The Morgan fingerprint density at radius 2 is 2.18 bits per heavy atom. The highest BCUT2D eigenvalue weighted by atomic mass is 16.3. The summed E-state index contributed by atoms with van der Waals surface area (Å²) in [6.07, 6.45) is 4.95. The van der Waals surface area contributed by atoms with Gasteiger partial charge in [-0.3, -0.25) is 0 Å². The Balaban J connectivity index is 2.49. The Morgan fingerprint density at radius 1 is 1.41 bits per heavy atom. The van der Waals surface area contributed by atoms with Crippen LogP contribution in [0.1, 0.15) is 11.1 Å². The van der Waals surface area contributed by atoms with E-state index in [1.807, 2.05) is 18.2 Å². The molecule has 0 aliphatic carbocycles. The molecule has 0 saturated heterocycles. The first-order chi connectivity index (χ1) is 8.15. The van der Waals surface area contributed by atoms with E-state index in [0.29, 0.717) is 12.0 Å². The van der Waals surface area contributed by atoms with Gasteiger partial charge in [-0.1, -0.05) is 30.3 Å². The number of nitrogens with zero attached hydrogens (tertiary/aromatic N) is 1. The molecule has 1 aliphatic rings. The largest absolute Gasteiger partial charge is 0.495 e. The lowest BCUT2D eigenvalue weighted by Crippen LogP contribution is -2.30. The quantitative estimate of drug-likeness (QED) is 0.691. The first kappa shape index (κ1) is 11.4. The van der Waals surface area contributed by atoms with Crippen LogP contribution in [0.25, 0.3) is 0 Å². The second-order valence-corrected chi connectivity index (χ2v) is 3.81.